The van der Waals surface area contributed by atoms with Crippen molar-refractivity contribution in [3.05, 3.63) is 70.8 Å². The number of amides is 2. The fourth-order valence-corrected chi connectivity index (χ4v) is 2.67. The van der Waals surface area contributed by atoms with Crippen molar-refractivity contribution in [3.8, 4) is 0 Å². The Morgan fingerprint density at radius 2 is 1.78 bits per heavy atom. The van der Waals surface area contributed by atoms with Gasteiger partial charge >= 0.3 is 0 Å². The highest BCUT2D eigenvalue weighted by molar-refractivity contribution is 5.94. The van der Waals surface area contributed by atoms with Crippen molar-refractivity contribution >= 4 is 11.8 Å². The van der Waals surface area contributed by atoms with Crippen LogP contribution in [-0.4, -0.2) is 30.3 Å². The smallest absolute Gasteiger partial charge is 0.254 e. The Balaban J connectivity index is 1.79. The Labute approximate surface area is 158 Å². The molecule has 0 aliphatic carbocycles. The highest BCUT2D eigenvalue weighted by atomic mass is 19.1. The molecule has 0 heterocycles. The quantitative estimate of drug-likeness (QED) is 0.745. The molecule has 1 N–H and O–H groups in total. The number of aryl methyl sites for hydroxylation is 1. The Kier molecular flexibility index (Phi) is 7.05. The third-order valence-electron chi connectivity index (χ3n) is 4.56. The molecule has 0 fully saturated rings. The van der Waals surface area contributed by atoms with Gasteiger partial charge in [0.2, 0.25) is 5.91 Å². The van der Waals surface area contributed by atoms with E-state index in [0.717, 1.165) is 23.3 Å². The molecule has 6 heteroatoms. The highest BCUT2D eigenvalue weighted by Crippen LogP contribution is 2.20. The lowest BCUT2D eigenvalue weighted by Gasteiger charge is -2.25. The summed E-state index contributed by atoms with van der Waals surface area (Å²) in [7, 11) is 1.75. The number of carbonyl (C=O) groups is 2. The van der Waals surface area contributed by atoms with Crippen LogP contribution in [0, 0.1) is 18.6 Å². The van der Waals surface area contributed by atoms with E-state index in [2.05, 4.69) is 5.32 Å². The second kappa shape index (κ2) is 9.26. The molecule has 0 saturated carbocycles. The van der Waals surface area contributed by atoms with Gasteiger partial charge in [-0.2, -0.15) is 0 Å². The van der Waals surface area contributed by atoms with Gasteiger partial charge in [0.25, 0.3) is 5.91 Å². The van der Waals surface area contributed by atoms with Crippen molar-refractivity contribution in [3.63, 3.8) is 0 Å². The fourth-order valence-electron chi connectivity index (χ4n) is 2.67. The molecule has 144 valence electrons. The van der Waals surface area contributed by atoms with E-state index in [-0.39, 0.29) is 30.5 Å². The number of hydrogen-bond acceptors (Lipinski definition) is 2. The average molecular weight is 374 g/mol. The summed E-state index contributed by atoms with van der Waals surface area (Å²) in [6.07, 6.45) is 0.692. The molecule has 0 saturated heterocycles. The van der Waals surface area contributed by atoms with E-state index in [1.54, 1.807) is 11.9 Å². The van der Waals surface area contributed by atoms with E-state index in [1.807, 2.05) is 38.1 Å². The minimum atomic E-state index is -0.907. The van der Waals surface area contributed by atoms with Gasteiger partial charge in [0, 0.05) is 26.1 Å². The third-order valence-corrected chi connectivity index (χ3v) is 4.56. The molecule has 2 aromatic carbocycles. The fraction of sp³-hybridized carbons (Fsp3) is 0.333. The molecule has 2 rings (SSSR count). The lowest BCUT2D eigenvalue weighted by atomic mass is 10.1. The molecule has 0 radical (unpaired) electrons. The lowest BCUT2D eigenvalue weighted by molar-refractivity contribution is -0.131. The summed E-state index contributed by atoms with van der Waals surface area (Å²) in [6.45, 7) is 4.20. The maximum Gasteiger partial charge on any atom is 0.254 e. The molecular formula is C21H24F2N2O2. The Morgan fingerprint density at radius 3 is 2.41 bits per heavy atom. The van der Waals surface area contributed by atoms with Crippen molar-refractivity contribution in [2.75, 3.05) is 13.6 Å². The Hall–Kier alpha value is -2.76. The first-order valence-electron chi connectivity index (χ1n) is 8.85. The van der Waals surface area contributed by atoms with Crippen molar-refractivity contribution in [1.29, 1.82) is 0 Å². The summed E-state index contributed by atoms with van der Waals surface area (Å²) >= 11 is 0. The molecule has 0 bridgehead atoms. The van der Waals surface area contributed by atoms with Gasteiger partial charge in [0.1, 0.15) is 11.6 Å². The van der Waals surface area contributed by atoms with Crippen LogP contribution in [0.15, 0.2) is 42.5 Å². The number of carbonyl (C=O) groups excluding carboxylic acids is 2. The van der Waals surface area contributed by atoms with Crippen molar-refractivity contribution < 1.29 is 18.4 Å². The van der Waals surface area contributed by atoms with Crippen LogP contribution in [0.4, 0.5) is 8.78 Å². The summed E-state index contributed by atoms with van der Waals surface area (Å²) in [5.74, 6) is -2.30. The molecule has 0 aliphatic rings. The molecule has 1 unspecified atom stereocenters. The molecule has 0 aliphatic heterocycles. The number of hydrogen-bond donors (Lipinski definition) is 1. The van der Waals surface area contributed by atoms with Gasteiger partial charge in [0.05, 0.1) is 11.6 Å². The number of nitrogens with one attached hydrogen (secondary N) is 1. The normalized spacial score (nSPS) is 11.7. The van der Waals surface area contributed by atoms with E-state index in [9.17, 15) is 18.4 Å². The Morgan fingerprint density at radius 1 is 1.11 bits per heavy atom. The van der Waals surface area contributed by atoms with E-state index >= 15 is 0 Å². The average Bonchev–Trinajstić information content (AvgIpc) is 2.64. The topological polar surface area (TPSA) is 49.4 Å². The van der Waals surface area contributed by atoms with Gasteiger partial charge in [-0.05, 0) is 38.0 Å². The summed E-state index contributed by atoms with van der Waals surface area (Å²) in [4.78, 5) is 25.9. The van der Waals surface area contributed by atoms with Crippen LogP contribution in [0.5, 0.6) is 0 Å². The minimum absolute atomic E-state index is 0.0368. The second-order valence-corrected chi connectivity index (χ2v) is 6.57. The number of rotatable bonds is 7. The first-order chi connectivity index (χ1) is 12.8. The van der Waals surface area contributed by atoms with Gasteiger partial charge < -0.3 is 10.2 Å². The predicted molar refractivity (Wildman–Crippen MR) is 100 cm³/mol. The van der Waals surface area contributed by atoms with Gasteiger partial charge in [-0.15, -0.1) is 0 Å². The van der Waals surface area contributed by atoms with Crippen LogP contribution in [-0.2, 0) is 4.79 Å². The summed E-state index contributed by atoms with van der Waals surface area (Å²) in [5.41, 5.74) is 2.00. The molecule has 27 heavy (non-hydrogen) atoms. The minimum Gasteiger partial charge on any atom is -0.352 e. The zero-order valence-corrected chi connectivity index (χ0v) is 15.8. The van der Waals surface area contributed by atoms with Crippen LogP contribution < -0.4 is 5.32 Å². The summed E-state index contributed by atoms with van der Waals surface area (Å²) in [5, 5.41) is 2.55. The number of halogens is 2. The van der Waals surface area contributed by atoms with Crippen LogP contribution in [0.2, 0.25) is 0 Å². The standard InChI is InChI=1S/C21H24F2N2O2/c1-14-6-8-16(9-7-14)15(2)25(3)20(26)5-4-12-24-21(27)18-11-10-17(22)13-19(18)23/h6-11,13,15H,4-5,12H2,1-3H3,(H,24,27). The Bertz CT molecular complexity index is 806. The van der Waals surface area contributed by atoms with Crippen LogP contribution in [0.3, 0.4) is 0 Å². The first kappa shape index (κ1) is 20.6. The second-order valence-electron chi connectivity index (χ2n) is 6.57. The van der Waals surface area contributed by atoms with Crippen LogP contribution >= 0.6 is 0 Å². The van der Waals surface area contributed by atoms with Gasteiger partial charge in [-0.25, -0.2) is 8.78 Å². The highest BCUT2D eigenvalue weighted by Gasteiger charge is 2.17. The lowest BCUT2D eigenvalue weighted by Crippen LogP contribution is -2.31. The molecule has 2 amide bonds. The van der Waals surface area contributed by atoms with Crippen molar-refractivity contribution in [2.45, 2.75) is 32.7 Å². The first-order valence-corrected chi connectivity index (χ1v) is 8.85. The molecule has 2 aromatic rings. The maximum atomic E-state index is 13.6. The summed E-state index contributed by atoms with van der Waals surface area (Å²) < 4.78 is 26.4. The largest absolute Gasteiger partial charge is 0.352 e. The van der Waals surface area contributed by atoms with Gasteiger partial charge in [-0.1, -0.05) is 29.8 Å². The zero-order valence-electron chi connectivity index (χ0n) is 15.8. The maximum absolute atomic E-state index is 13.6. The number of nitrogens with zero attached hydrogens (tertiary/aromatic N) is 1. The predicted octanol–water partition coefficient (Wildman–Crippen LogP) is 4.00. The van der Waals surface area contributed by atoms with Crippen LogP contribution in [0.1, 0.15) is 47.3 Å². The number of benzene rings is 2. The monoisotopic (exact) mass is 374 g/mol. The van der Waals surface area contributed by atoms with E-state index in [4.69, 9.17) is 0 Å². The van der Waals surface area contributed by atoms with Crippen molar-refractivity contribution in [2.24, 2.45) is 0 Å². The van der Waals surface area contributed by atoms with Crippen molar-refractivity contribution in [1.82, 2.24) is 10.2 Å². The molecule has 0 spiro atoms. The summed E-state index contributed by atoms with van der Waals surface area (Å²) in [6, 6.07) is 10.8. The molecular weight excluding hydrogens is 350 g/mol. The van der Waals surface area contributed by atoms with Gasteiger partial charge in [0.15, 0.2) is 0 Å². The van der Waals surface area contributed by atoms with E-state index < -0.39 is 17.5 Å². The SMILES string of the molecule is Cc1ccc(C(C)N(C)C(=O)CCCNC(=O)c2ccc(F)cc2F)cc1. The molecule has 1 atom stereocenters. The third kappa shape index (κ3) is 5.61. The van der Waals surface area contributed by atoms with E-state index in [0.29, 0.717) is 12.5 Å². The zero-order chi connectivity index (χ0) is 20.0. The molecule has 4 nitrogen and oxygen atoms in total. The van der Waals surface area contributed by atoms with Gasteiger partial charge in [-0.3, -0.25) is 9.59 Å². The molecule has 0 aromatic heterocycles. The van der Waals surface area contributed by atoms with Crippen LogP contribution in [0.25, 0.3) is 0 Å². The van der Waals surface area contributed by atoms with E-state index in [1.165, 1.54) is 0 Å².